The number of hydrogen-bond acceptors (Lipinski definition) is 8. The van der Waals surface area contributed by atoms with Crippen LogP contribution in [0, 0.1) is 0 Å². The number of nitrogens with one attached hydrogen (secondary N) is 1. The van der Waals surface area contributed by atoms with Crippen molar-refractivity contribution in [3.63, 3.8) is 0 Å². The molecular weight excluding hydrogens is 376 g/mol. The van der Waals surface area contributed by atoms with E-state index >= 15 is 0 Å². The molecule has 4 aromatic rings. The Morgan fingerprint density at radius 2 is 2.14 bits per heavy atom. The maximum Gasteiger partial charge on any atom is 0.267 e. The number of rotatable bonds is 4. The zero-order valence-electron chi connectivity index (χ0n) is 14.7. The molecular formula is C19H16N6O2S. The third-order valence-corrected chi connectivity index (χ3v) is 5.55. The van der Waals surface area contributed by atoms with Crippen molar-refractivity contribution in [2.75, 3.05) is 18.5 Å². The minimum atomic E-state index is -0.243. The smallest absolute Gasteiger partial charge is 0.267 e. The van der Waals surface area contributed by atoms with Gasteiger partial charge in [0.05, 0.1) is 30.3 Å². The van der Waals surface area contributed by atoms with E-state index in [1.165, 1.54) is 10.7 Å². The molecule has 1 aliphatic rings. The van der Waals surface area contributed by atoms with Gasteiger partial charge in [-0.3, -0.25) is 9.78 Å². The fourth-order valence-electron chi connectivity index (χ4n) is 3.33. The lowest BCUT2D eigenvalue weighted by Gasteiger charge is -2.21. The van der Waals surface area contributed by atoms with Crippen molar-refractivity contribution in [3.8, 4) is 11.3 Å². The summed E-state index contributed by atoms with van der Waals surface area (Å²) in [5, 5.41) is 10.9. The first-order valence-corrected chi connectivity index (χ1v) is 9.70. The number of hydrogen-bond donors (Lipinski definition) is 1. The van der Waals surface area contributed by atoms with Crippen LogP contribution < -0.4 is 10.9 Å². The number of fused-ring (bicyclic) bond motifs is 1. The highest BCUT2D eigenvalue weighted by molar-refractivity contribution is 7.16. The fourth-order valence-corrected chi connectivity index (χ4v) is 4.07. The Kier molecular flexibility index (Phi) is 4.30. The van der Waals surface area contributed by atoms with Crippen LogP contribution in [0.25, 0.3) is 21.5 Å². The van der Waals surface area contributed by atoms with Gasteiger partial charge in [0.15, 0.2) is 0 Å². The lowest BCUT2D eigenvalue weighted by Crippen LogP contribution is -2.37. The number of anilines is 1. The van der Waals surface area contributed by atoms with Crippen molar-refractivity contribution >= 4 is 27.4 Å². The van der Waals surface area contributed by atoms with Crippen LogP contribution in [-0.4, -0.2) is 44.0 Å². The zero-order valence-corrected chi connectivity index (χ0v) is 15.5. The van der Waals surface area contributed by atoms with Crippen LogP contribution in [0.5, 0.6) is 0 Å². The van der Waals surface area contributed by atoms with Gasteiger partial charge >= 0.3 is 0 Å². The third-order valence-electron chi connectivity index (χ3n) is 4.73. The zero-order chi connectivity index (χ0) is 18.9. The molecule has 2 unspecified atom stereocenters. The van der Waals surface area contributed by atoms with E-state index in [1.807, 2.05) is 23.6 Å². The molecule has 0 aromatic carbocycles. The molecule has 8 nitrogen and oxygen atoms in total. The molecule has 5 rings (SSSR count). The molecule has 0 aliphatic carbocycles. The van der Waals surface area contributed by atoms with Crippen LogP contribution >= 0.6 is 11.3 Å². The van der Waals surface area contributed by atoms with Gasteiger partial charge in [0.1, 0.15) is 23.0 Å². The second-order valence-corrected chi connectivity index (χ2v) is 7.35. The van der Waals surface area contributed by atoms with Crippen LogP contribution in [0.2, 0.25) is 0 Å². The first kappa shape index (κ1) is 17.0. The second kappa shape index (κ2) is 7.10. The first-order valence-electron chi connectivity index (χ1n) is 8.82. The Bertz CT molecular complexity index is 1180. The molecule has 0 amide bonds. The first-order chi connectivity index (χ1) is 13.8. The normalized spacial score (nSPS) is 19.1. The summed E-state index contributed by atoms with van der Waals surface area (Å²) in [5.41, 5.74) is 1.38. The third kappa shape index (κ3) is 3.04. The number of aromatic nitrogens is 5. The summed E-state index contributed by atoms with van der Waals surface area (Å²) in [6, 6.07) is 8.62. The number of ether oxygens (including phenoxy) is 1. The molecule has 4 aromatic heterocycles. The molecule has 9 heteroatoms. The van der Waals surface area contributed by atoms with E-state index in [0.29, 0.717) is 18.9 Å². The Labute approximate surface area is 163 Å². The Morgan fingerprint density at radius 1 is 1.18 bits per heavy atom. The molecule has 1 N–H and O–H groups in total. The minimum absolute atomic E-state index is 0.132. The van der Waals surface area contributed by atoms with E-state index < -0.39 is 0 Å². The van der Waals surface area contributed by atoms with Gasteiger partial charge in [-0.2, -0.15) is 5.10 Å². The van der Waals surface area contributed by atoms with Gasteiger partial charge in [0.2, 0.25) is 0 Å². The van der Waals surface area contributed by atoms with Gasteiger partial charge in [-0.05, 0) is 29.6 Å². The summed E-state index contributed by atoms with van der Waals surface area (Å²) in [5.74, 6) is 0.739. The molecule has 0 saturated carbocycles. The minimum Gasteiger partial charge on any atom is -0.377 e. The highest BCUT2D eigenvalue weighted by atomic mass is 32.1. The number of thiophene rings is 1. The molecule has 5 heterocycles. The average molecular weight is 392 g/mol. The maximum absolute atomic E-state index is 12.5. The summed E-state index contributed by atoms with van der Waals surface area (Å²) in [7, 11) is 0. The molecule has 0 spiro atoms. The van der Waals surface area contributed by atoms with Crippen molar-refractivity contribution < 1.29 is 4.74 Å². The average Bonchev–Trinajstić information content (AvgIpc) is 3.39. The predicted molar refractivity (Wildman–Crippen MR) is 106 cm³/mol. The Hall–Kier alpha value is -3.17. The quantitative estimate of drug-likeness (QED) is 0.570. The van der Waals surface area contributed by atoms with Gasteiger partial charge < -0.3 is 10.1 Å². The maximum atomic E-state index is 12.5. The number of pyridine rings is 1. The SMILES string of the molecule is O=c1ccc(-c2cccnc2)nn1C1COCC1Nc1ncnc2sccc12. The largest absolute Gasteiger partial charge is 0.377 e. The Morgan fingerprint density at radius 3 is 3.04 bits per heavy atom. The van der Waals surface area contributed by atoms with E-state index in [2.05, 4.69) is 25.4 Å². The molecule has 1 aliphatic heterocycles. The van der Waals surface area contributed by atoms with Gasteiger partial charge in [0, 0.05) is 24.0 Å². The summed E-state index contributed by atoms with van der Waals surface area (Å²) >= 11 is 1.56. The predicted octanol–water partition coefficient (Wildman–Crippen LogP) is 2.36. The van der Waals surface area contributed by atoms with Crippen LogP contribution in [0.1, 0.15) is 6.04 Å². The van der Waals surface area contributed by atoms with E-state index in [1.54, 1.807) is 36.1 Å². The molecule has 2 atom stereocenters. The monoisotopic (exact) mass is 392 g/mol. The van der Waals surface area contributed by atoms with Crippen molar-refractivity contribution in [2.24, 2.45) is 0 Å². The van der Waals surface area contributed by atoms with E-state index in [4.69, 9.17) is 4.74 Å². The lowest BCUT2D eigenvalue weighted by atomic mass is 10.1. The van der Waals surface area contributed by atoms with Crippen LogP contribution in [-0.2, 0) is 4.74 Å². The number of nitrogens with zero attached hydrogens (tertiary/aromatic N) is 5. The molecule has 1 fully saturated rings. The Balaban J connectivity index is 1.49. The van der Waals surface area contributed by atoms with Gasteiger partial charge in [0.25, 0.3) is 5.56 Å². The molecule has 140 valence electrons. The summed E-state index contributed by atoms with van der Waals surface area (Å²) in [6.45, 7) is 0.866. The summed E-state index contributed by atoms with van der Waals surface area (Å²) in [6.07, 6.45) is 4.98. The van der Waals surface area contributed by atoms with Crippen LogP contribution in [0.3, 0.4) is 0 Å². The van der Waals surface area contributed by atoms with Crippen molar-refractivity contribution in [2.45, 2.75) is 12.1 Å². The van der Waals surface area contributed by atoms with Crippen molar-refractivity contribution in [3.05, 3.63) is 64.8 Å². The molecule has 1 saturated heterocycles. The van der Waals surface area contributed by atoms with E-state index in [9.17, 15) is 4.79 Å². The van der Waals surface area contributed by atoms with Crippen molar-refractivity contribution in [1.29, 1.82) is 0 Å². The van der Waals surface area contributed by atoms with E-state index in [-0.39, 0.29) is 17.6 Å². The van der Waals surface area contributed by atoms with E-state index in [0.717, 1.165) is 21.6 Å². The molecule has 28 heavy (non-hydrogen) atoms. The molecule has 0 bridgehead atoms. The standard InChI is InChI=1S/C19H16N6O2S/c26-17-4-3-14(12-2-1-6-20-8-12)24-25(17)16-10-27-9-15(16)23-18-13-5-7-28-19(13)22-11-21-18/h1-8,11,15-16H,9-10H2,(H,21,22,23). The molecule has 0 radical (unpaired) electrons. The highest BCUT2D eigenvalue weighted by Crippen LogP contribution is 2.27. The van der Waals surface area contributed by atoms with Gasteiger partial charge in [-0.25, -0.2) is 14.6 Å². The van der Waals surface area contributed by atoms with Gasteiger partial charge in [-0.1, -0.05) is 0 Å². The van der Waals surface area contributed by atoms with Crippen LogP contribution in [0.15, 0.2) is 59.2 Å². The highest BCUT2D eigenvalue weighted by Gasteiger charge is 2.32. The summed E-state index contributed by atoms with van der Waals surface area (Å²) < 4.78 is 7.17. The second-order valence-electron chi connectivity index (χ2n) is 6.46. The fraction of sp³-hybridized carbons (Fsp3) is 0.211. The lowest BCUT2D eigenvalue weighted by molar-refractivity contribution is 0.183. The topological polar surface area (TPSA) is 94.8 Å². The van der Waals surface area contributed by atoms with Gasteiger partial charge in [-0.15, -0.1) is 11.3 Å². The van der Waals surface area contributed by atoms with Crippen molar-refractivity contribution in [1.82, 2.24) is 24.7 Å². The van der Waals surface area contributed by atoms with Crippen LogP contribution in [0.4, 0.5) is 5.82 Å². The summed E-state index contributed by atoms with van der Waals surface area (Å²) in [4.78, 5) is 26.2.